The number of nitrogens with zero attached hydrogens (tertiary/aromatic N) is 2. The van der Waals surface area contributed by atoms with E-state index in [9.17, 15) is 0 Å². The summed E-state index contributed by atoms with van der Waals surface area (Å²) in [5, 5.41) is 2.55. The first-order chi connectivity index (χ1) is 29.6. The Morgan fingerprint density at radius 2 is 1.20 bits per heavy atom. The van der Waals surface area contributed by atoms with Crippen molar-refractivity contribution in [2.24, 2.45) is 0 Å². The topological polar surface area (TPSA) is 24.9 Å². The Bertz CT molecular complexity index is 3210. The van der Waals surface area contributed by atoms with Crippen LogP contribution in [0.1, 0.15) is 43.0 Å². The molecule has 3 aliphatic heterocycles. The fourth-order valence-corrected chi connectivity index (χ4v) is 12.1. The third kappa shape index (κ3) is 5.63. The van der Waals surface area contributed by atoms with Crippen LogP contribution in [-0.4, -0.2) is 13.5 Å². The molecule has 0 saturated heterocycles. The standard InChI is InChI=1S/C54H43BN2O2S2/c1-31-22-43-50-44(23-31)57(51-32(2)24-38(25-33(51)3)54(4,5)6)52-41(20-21-45-53(52)59-30-58-45)55(50)40-19-18-37(49-29-36-13-8-10-17-47(36)61-49)27-42(40)56(43)39-15-11-14-34(26-39)48-28-35-12-7-9-16-46(35)60-48/h7-29H,30H2,1-6H3. The van der Waals surface area contributed by atoms with E-state index in [1.807, 2.05) is 22.7 Å². The van der Waals surface area contributed by atoms with Crippen molar-refractivity contribution < 1.29 is 9.47 Å². The van der Waals surface area contributed by atoms with Gasteiger partial charge in [0, 0.05) is 41.9 Å². The zero-order valence-corrected chi connectivity index (χ0v) is 36.7. The maximum absolute atomic E-state index is 6.48. The number of aryl methyl sites for hydroxylation is 3. The summed E-state index contributed by atoms with van der Waals surface area (Å²) < 4.78 is 15.2. The van der Waals surface area contributed by atoms with Crippen LogP contribution in [0.15, 0.2) is 140 Å². The molecule has 7 aromatic carbocycles. The average molecular weight is 827 g/mol. The SMILES string of the molecule is Cc1cc2c3c(c1)N(c1c(C)cc(C(C)(C)C)cc1C)c1c(ccc4c1OCO4)B3c1ccc(-c3cc4ccccc4s3)cc1N2c1cccc(-c2cc3ccccc3s2)c1. The molecule has 61 heavy (non-hydrogen) atoms. The van der Waals surface area contributed by atoms with Crippen molar-refractivity contribution in [3.63, 3.8) is 0 Å². The van der Waals surface area contributed by atoms with E-state index >= 15 is 0 Å². The molecule has 0 amide bonds. The summed E-state index contributed by atoms with van der Waals surface area (Å²) in [6.07, 6.45) is 0. The van der Waals surface area contributed by atoms with Crippen LogP contribution in [0.5, 0.6) is 11.5 Å². The molecular weight excluding hydrogens is 784 g/mol. The predicted octanol–water partition coefficient (Wildman–Crippen LogP) is 13.5. The van der Waals surface area contributed by atoms with E-state index in [-0.39, 0.29) is 18.9 Å². The molecule has 7 heteroatoms. The van der Waals surface area contributed by atoms with Crippen molar-refractivity contribution in [1.29, 1.82) is 0 Å². The lowest BCUT2D eigenvalue weighted by molar-refractivity contribution is 0.174. The highest BCUT2D eigenvalue weighted by Gasteiger charge is 2.46. The second-order valence-electron chi connectivity index (χ2n) is 17.9. The van der Waals surface area contributed by atoms with Gasteiger partial charge in [-0.25, -0.2) is 0 Å². The van der Waals surface area contributed by atoms with Gasteiger partial charge >= 0.3 is 0 Å². The molecule has 296 valence electrons. The predicted molar refractivity (Wildman–Crippen MR) is 261 cm³/mol. The highest BCUT2D eigenvalue weighted by molar-refractivity contribution is 7.22. The lowest BCUT2D eigenvalue weighted by Gasteiger charge is -2.45. The van der Waals surface area contributed by atoms with Gasteiger partial charge in [0.2, 0.25) is 6.79 Å². The van der Waals surface area contributed by atoms with Gasteiger partial charge in [-0.2, -0.15) is 0 Å². The van der Waals surface area contributed by atoms with E-state index < -0.39 is 0 Å². The van der Waals surface area contributed by atoms with Crippen LogP contribution in [0.2, 0.25) is 0 Å². The van der Waals surface area contributed by atoms with E-state index in [0.717, 1.165) is 22.9 Å². The van der Waals surface area contributed by atoms with Crippen LogP contribution in [0.4, 0.5) is 34.1 Å². The van der Waals surface area contributed by atoms with Crippen molar-refractivity contribution in [3.05, 3.63) is 162 Å². The molecule has 5 heterocycles. The summed E-state index contributed by atoms with van der Waals surface area (Å²) >= 11 is 3.71. The van der Waals surface area contributed by atoms with Crippen LogP contribution >= 0.6 is 22.7 Å². The van der Waals surface area contributed by atoms with E-state index in [1.165, 1.54) is 102 Å². The van der Waals surface area contributed by atoms with Gasteiger partial charge in [0.15, 0.2) is 11.5 Å². The lowest BCUT2D eigenvalue weighted by Crippen LogP contribution is -2.61. The molecule has 9 aromatic rings. The molecule has 4 nitrogen and oxygen atoms in total. The van der Waals surface area contributed by atoms with E-state index in [1.54, 1.807) is 0 Å². The van der Waals surface area contributed by atoms with Crippen molar-refractivity contribution in [2.75, 3.05) is 16.6 Å². The molecule has 0 unspecified atom stereocenters. The smallest absolute Gasteiger partial charge is 0.252 e. The van der Waals surface area contributed by atoms with Gasteiger partial charge in [-0.3, -0.25) is 0 Å². The molecule has 0 atom stereocenters. The largest absolute Gasteiger partial charge is 0.454 e. The second-order valence-corrected chi connectivity index (χ2v) is 20.1. The van der Waals surface area contributed by atoms with Crippen molar-refractivity contribution >= 4 is 100 Å². The highest BCUT2D eigenvalue weighted by Crippen LogP contribution is 2.52. The second kappa shape index (κ2) is 13.4. The Labute approximate surface area is 365 Å². The Hall–Kier alpha value is -6.28. The Morgan fingerprint density at radius 3 is 1.87 bits per heavy atom. The van der Waals surface area contributed by atoms with Crippen LogP contribution in [0.3, 0.4) is 0 Å². The van der Waals surface area contributed by atoms with Gasteiger partial charge in [0.05, 0.1) is 11.4 Å². The number of hydrogen-bond donors (Lipinski definition) is 0. The zero-order chi connectivity index (χ0) is 41.3. The fourth-order valence-electron chi connectivity index (χ4n) is 10.0. The van der Waals surface area contributed by atoms with Gasteiger partial charge in [-0.1, -0.05) is 99.6 Å². The molecule has 0 saturated carbocycles. The quantitative estimate of drug-likeness (QED) is 0.165. The minimum absolute atomic E-state index is 0.0168. The molecular formula is C54H43BN2O2S2. The molecule has 2 aromatic heterocycles. The molecule has 0 spiro atoms. The lowest BCUT2D eigenvalue weighted by atomic mass is 9.33. The fraction of sp³-hybridized carbons (Fsp3) is 0.148. The zero-order valence-electron chi connectivity index (χ0n) is 35.1. The van der Waals surface area contributed by atoms with E-state index in [0.29, 0.717) is 0 Å². The molecule has 0 N–H and O–H groups in total. The first-order valence-electron chi connectivity index (χ1n) is 21.1. The number of thiophene rings is 2. The normalized spacial score (nSPS) is 13.8. The van der Waals surface area contributed by atoms with Gasteiger partial charge in [-0.05, 0) is 147 Å². The Balaban J connectivity index is 1.14. The average Bonchev–Trinajstić information content (AvgIpc) is 4.02. The van der Waals surface area contributed by atoms with Gasteiger partial charge in [0.1, 0.15) is 0 Å². The van der Waals surface area contributed by atoms with E-state index in [4.69, 9.17) is 9.47 Å². The number of ether oxygens (including phenoxy) is 2. The molecule has 0 aliphatic carbocycles. The van der Waals surface area contributed by atoms with Gasteiger partial charge in [-0.15, -0.1) is 22.7 Å². The monoisotopic (exact) mass is 826 g/mol. The highest BCUT2D eigenvalue weighted by atomic mass is 32.1. The minimum atomic E-state index is -0.0469. The third-order valence-electron chi connectivity index (χ3n) is 12.8. The van der Waals surface area contributed by atoms with Crippen LogP contribution in [-0.2, 0) is 5.41 Å². The molecule has 3 aliphatic rings. The molecule has 12 rings (SSSR count). The number of fused-ring (bicyclic) bond motifs is 8. The van der Waals surface area contributed by atoms with Gasteiger partial charge in [0.25, 0.3) is 6.71 Å². The summed E-state index contributed by atoms with van der Waals surface area (Å²) in [7, 11) is 0. The summed E-state index contributed by atoms with van der Waals surface area (Å²) in [5.74, 6) is 1.60. The number of rotatable bonds is 4. The first kappa shape index (κ1) is 36.6. The number of hydrogen-bond acceptors (Lipinski definition) is 6. The molecule has 0 fully saturated rings. The number of anilines is 6. The summed E-state index contributed by atoms with van der Waals surface area (Å²) in [6.45, 7) is 13.8. The Kier molecular flexibility index (Phi) is 8.01. The summed E-state index contributed by atoms with van der Waals surface area (Å²) in [5.41, 5.74) is 18.2. The molecule has 0 radical (unpaired) electrons. The van der Waals surface area contributed by atoms with Crippen LogP contribution in [0.25, 0.3) is 41.1 Å². The van der Waals surface area contributed by atoms with Crippen LogP contribution < -0.4 is 35.7 Å². The van der Waals surface area contributed by atoms with Crippen LogP contribution in [0, 0.1) is 20.8 Å². The summed E-state index contributed by atoms with van der Waals surface area (Å²) in [6, 6.07) is 52.4. The van der Waals surface area contributed by atoms with Crippen molar-refractivity contribution in [2.45, 2.75) is 47.0 Å². The van der Waals surface area contributed by atoms with Gasteiger partial charge < -0.3 is 19.3 Å². The number of benzene rings is 7. The maximum atomic E-state index is 6.48. The van der Waals surface area contributed by atoms with Crippen molar-refractivity contribution in [1.82, 2.24) is 0 Å². The minimum Gasteiger partial charge on any atom is -0.454 e. The van der Waals surface area contributed by atoms with Crippen molar-refractivity contribution in [3.8, 4) is 32.4 Å². The first-order valence-corrected chi connectivity index (χ1v) is 22.7. The molecule has 0 bridgehead atoms. The Morgan fingerprint density at radius 1 is 0.557 bits per heavy atom. The summed E-state index contributed by atoms with van der Waals surface area (Å²) in [4.78, 5) is 7.58. The maximum Gasteiger partial charge on any atom is 0.252 e. The van der Waals surface area contributed by atoms with E-state index in [2.05, 4.69) is 191 Å². The third-order valence-corrected chi connectivity index (χ3v) is 15.1.